The minimum Gasteiger partial charge on any atom is -0.469 e. The van der Waals surface area contributed by atoms with Crippen LogP contribution in [0.3, 0.4) is 0 Å². The number of esters is 2. The molecule has 98 valence electrons. The topological polar surface area (TPSA) is 89.9 Å². The molecule has 0 spiro atoms. The van der Waals surface area contributed by atoms with Crippen molar-refractivity contribution in [3.8, 4) is 0 Å². The van der Waals surface area contributed by atoms with Crippen molar-refractivity contribution in [3.05, 3.63) is 0 Å². The quantitative estimate of drug-likeness (QED) is 0.584. The maximum atomic E-state index is 11.6. The van der Waals surface area contributed by atoms with E-state index in [1.807, 2.05) is 0 Å². The van der Waals surface area contributed by atoms with Crippen LogP contribution in [-0.4, -0.2) is 40.2 Å². The first kappa shape index (κ1) is 14.1. The molecule has 0 aromatic carbocycles. The number of hydrogen-bond donors (Lipinski definition) is 1. The van der Waals surface area contributed by atoms with Gasteiger partial charge in [0.1, 0.15) is 0 Å². The van der Waals surface area contributed by atoms with Crippen LogP contribution < -0.4 is 0 Å². The van der Waals surface area contributed by atoms with Gasteiger partial charge in [-0.3, -0.25) is 9.59 Å². The van der Waals surface area contributed by atoms with Crippen LogP contribution in [-0.2, 0) is 30.1 Å². The Labute approximate surface area is 102 Å². The molecule has 0 aliphatic heterocycles. The molecule has 1 fully saturated rings. The van der Waals surface area contributed by atoms with Gasteiger partial charge in [-0.15, -0.1) is 0 Å². The Hall–Kier alpha value is -0.950. The van der Waals surface area contributed by atoms with Crippen LogP contribution >= 0.6 is 0 Å². The summed E-state index contributed by atoms with van der Waals surface area (Å²) >= 11 is -2.15. The van der Waals surface area contributed by atoms with E-state index in [1.54, 1.807) is 0 Å². The molecule has 1 aliphatic carbocycles. The van der Waals surface area contributed by atoms with E-state index in [2.05, 4.69) is 9.47 Å². The molecular weight excluding hydrogens is 248 g/mol. The zero-order chi connectivity index (χ0) is 13.0. The first-order chi connectivity index (χ1) is 8.02. The highest BCUT2D eigenvalue weighted by atomic mass is 32.2. The average molecular weight is 264 g/mol. The van der Waals surface area contributed by atoms with Gasteiger partial charge in [0.25, 0.3) is 0 Å². The summed E-state index contributed by atoms with van der Waals surface area (Å²) in [6, 6.07) is 0. The monoisotopic (exact) mass is 264 g/mol. The first-order valence-electron chi connectivity index (χ1n) is 5.28. The van der Waals surface area contributed by atoms with Gasteiger partial charge in [0.15, 0.2) is 11.1 Å². The van der Waals surface area contributed by atoms with Gasteiger partial charge in [-0.25, -0.2) is 4.21 Å². The molecule has 4 atom stereocenters. The predicted octanol–water partition coefficient (Wildman–Crippen LogP) is 0.339. The molecule has 1 rings (SSSR count). The molecule has 0 aromatic heterocycles. The van der Waals surface area contributed by atoms with Crippen LogP contribution in [0.5, 0.6) is 0 Å². The van der Waals surface area contributed by atoms with Crippen molar-refractivity contribution >= 4 is 23.0 Å². The maximum absolute atomic E-state index is 11.6. The normalized spacial score (nSPS) is 30.4. The Morgan fingerprint density at radius 1 is 1.18 bits per heavy atom. The summed E-state index contributed by atoms with van der Waals surface area (Å²) in [7, 11) is 2.43. The van der Waals surface area contributed by atoms with Crippen molar-refractivity contribution in [2.75, 3.05) is 14.2 Å². The molecule has 0 amide bonds. The van der Waals surface area contributed by atoms with Gasteiger partial charge in [-0.05, 0) is 12.8 Å². The fraction of sp³-hybridized carbons (Fsp3) is 0.800. The van der Waals surface area contributed by atoms with Crippen LogP contribution in [0.4, 0.5) is 0 Å². The van der Waals surface area contributed by atoms with Gasteiger partial charge in [0, 0.05) is 0 Å². The minimum atomic E-state index is -2.15. The second-order valence-electron chi connectivity index (χ2n) is 3.92. The van der Waals surface area contributed by atoms with Gasteiger partial charge in [0.2, 0.25) is 0 Å². The summed E-state index contributed by atoms with van der Waals surface area (Å²) in [4.78, 5) is 23.2. The van der Waals surface area contributed by atoms with Crippen molar-refractivity contribution in [2.24, 2.45) is 11.8 Å². The first-order valence-corrected chi connectivity index (χ1v) is 6.45. The highest BCUT2D eigenvalue weighted by molar-refractivity contribution is 7.79. The third-order valence-corrected chi connectivity index (χ3v) is 4.12. The van der Waals surface area contributed by atoms with Crippen molar-refractivity contribution < 1.29 is 27.8 Å². The molecule has 0 aromatic rings. The number of carbonyl (C=O) groups is 2. The lowest BCUT2D eigenvalue weighted by Gasteiger charge is -2.32. The Morgan fingerprint density at radius 2 is 1.76 bits per heavy atom. The van der Waals surface area contributed by atoms with E-state index < -0.39 is 40.1 Å². The van der Waals surface area contributed by atoms with Gasteiger partial charge in [-0.1, -0.05) is 6.42 Å². The lowest BCUT2D eigenvalue weighted by molar-refractivity contribution is -0.159. The summed E-state index contributed by atoms with van der Waals surface area (Å²) < 4.78 is 29.6. The third-order valence-electron chi connectivity index (χ3n) is 3.07. The molecule has 6 nitrogen and oxygen atoms in total. The zero-order valence-electron chi connectivity index (χ0n) is 9.75. The molecule has 4 unspecified atom stereocenters. The van der Waals surface area contributed by atoms with Crippen LogP contribution in [0.15, 0.2) is 0 Å². The summed E-state index contributed by atoms with van der Waals surface area (Å²) in [5.41, 5.74) is 0. The average Bonchev–Trinajstić information content (AvgIpc) is 2.35. The van der Waals surface area contributed by atoms with E-state index in [-0.39, 0.29) is 0 Å². The van der Waals surface area contributed by atoms with E-state index in [0.717, 1.165) is 0 Å². The lowest BCUT2D eigenvalue weighted by atomic mass is 9.79. The highest BCUT2D eigenvalue weighted by Gasteiger charge is 2.45. The fourth-order valence-electron chi connectivity index (χ4n) is 2.25. The second kappa shape index (κ2) is 6.11. The van der Waals surface area contributed by atoms with Crippen LogP contribution in [0.1, 0.15) is 19.3 Å². The van der Waals surface area contributed by atoms with E-state index in [0.29, 0.717) is 19.3 Å². The Balaban J connectivity index is 2.98. The lowest BCUT2D eigenvalue weighted by Crippen LogP contribution is -2.44. The molecule has 1 saturated carbocycles. The van der Waals surface area contributed by atoms with Crippen molar-refractivity contribution in [1.29, 1.82) is 0 Å². The van der Waals surface area contributed by atoms with E-state index in [4.69, 9.17) is 0 Å². The van der Waals surface area contributed by atoms with Gasteiger partial charge in [-0.2, -0.15) is 0 Å². The molecular formula is C10H16O6S. The zero-order valence-corrected chi connectivity index (χ0v) is 10.6. The molecule has 1 aliphatic rings. The van der Waals surface area contributed by atoms with Gasteiger partial charge < -0.3 is 14.0 Å². The molecule has 1 N–H and O–H groups in total. The minimum absolute atomic E-state index is 0.427. The van der Waals surface area contributed by atoms with Crippen molar-refractivity contribution in [2.45, 2.75) is 24.5 Å². The third kappa shape index (κ3) is 3.04. The standard InChI is InChI=1S/C10H16O6S/c1-15-9(11)6-4-3-5-7(17(13)14)8(6)10(12)16-2/h6-8H,3-5H2,1-2H3,(H,13,14). The maximum Gasteiger partial charge on any atom is 0.310 e. The van der Waals surface area contributed by atoms with Crippen LogP contribution in [0.2, 0.25) is 0 Å². The highest BCUT2D eigenvalue weighted by Crippen LogP contribution is 2.34. The van der Waals surface area contributed by atoms with E-state index >= 15 is 0 Å². The molecule has 7 heteroatoms. The summed E-state index contributed by atoms with van der Waals surface area (Å²) in [6.07, 6.45) is 1.51. The largest absolute Gasteiger partial charge is 0.469 e. The number of ether oxygens (including phenoxy) is 2. The molecule has 0 saturated heterocycles. The summed E-state index contributed by atoms with van der Waals surface area (Å²) in [5, 5.41) is -0.764. The van der Waals surface area contributed by atoms with Crippen LogP contribution in [0, 0.1) is 11.8 Å². The van der Waals surface area contributed by atoms with Crippen LogP contribution in [0.25, 0.3) is 0 Å². The van der Waals surface area contributed by atoms with Gasteiger partial charge >= 0.3 is 11.9 Å². The Bertz CT molecular complexity index is 329. The number of rotatable bonds is 3. The van der Waals surface area contributed by atoms with E-state index in [9.17, 15) is 18.4 Å². The van der Waals surface area contributed by atoms with Crippen molar-refractivity contribution in [1.82, 2.24) is 0 Å². The van der Waals surface area contributed by atoms with E-state index in [1.165, 1.54) is 14.2 Å². The predicted molar refractivity (Wildman–Crippen MR) is 59.4 cm³/mol. The second-order valence-corrected chi connectivity index (χ2v) is 5.08. The van der Waals surface area contributed by atoms with Crippen molar-refractivity contribution in [3.63, 3.8) is 0 Å². The number of hydrogen-bond acceptors (Lipinski definition) is 5. The molecule has 17 heavy (non-hydrogen) atoms. The smallest absolute Gasteiger partial charge is 0.310 e. The Kier molecular flexibility index (Phi) is 5.07. The summed E-state index contributed by atoms with van der Waals surface area (Å²) in [5.74, 6) is -2.75. The number of methoxy groups -OCH3 is 2. The molecule has 0 radical (unpaired) electrons. The number of carbonyl (C=O) groups excluding carboxylic acids is 2. The molecule has 0 bridgehead atoms. The SMILES string of the molecule is COC(=O)C1CCCC(S(=O)O)C1C(=O)OC. The summed E-state index contributed by atoms with van der Waals surface area (Å²) in [6.45, 7) is 0. The van der Waals surface area contributed by atoms with Gasteiger partial charge in [0.05, 0.1) is 31.3 Å². The fourth-order valence-corrected chi connectivity index (χ4v) is 3.17. The Morgan fingerprint density at radius 3 is 2.24 bits per heavy atom. The molecule has 0 heterocycles.